The van der Waals surface area contributed by atoms with Crippen molar-refractivity contribution in [2.24, 2.45) is 0 Å². The standard InChI is InChI=1S/C22H30N4O5S/c1-4-14(2)23-22(28)31-17-10-9-15(11-17)18-13-20(26-25-18)24-21(27)12-16-7-5-6-8-19(16)32(3,29)30/h5-8,13-15,17H,4,9-12H2,1-3H3,(H,23,28)(H2,24,25,26,27)/t14-,15-,17+/m0/s1. The molecule has 0 spiro atoms. The van der Waals surface area contributed by atoms with E-state index < -0.39 is 15.9 Å². The Labute approximate surface area is 188 Å². The van der Waals surface area contributed by atoms with Gasteiger partial charge in [-0.3, -0.25) is 9.89 Å². The first-order chi connectivity index (χ1) is 15.2. The third-order valence-corrected chi connectivity index (χ3v) is 6.86. The van der Waals surface area contributed by atoms with Gasteiger partial charge in [-0.25, -0.2) is 13.2 Å². The largest absolute Gasteiger partial charge is 0.446 e. The fourth-order valence-corrected chi connectivity index (χ4v) is 4.74. The Morgan fingerprint density at radius 3 is 2.75 bits per heavy atom. The number of H-pyrrole nitrogens is 1. The first-order valence-corrected chi connectivity index (χ1v) is 12.6. The van der Waals surface area contributed by atoms with Crippen molar-refractivity contribution < 1.29 is 22.7 Å². The molecular weight excluding hydrogens is 432 g/mol. The number of aromatic amines is 1. The summed E-state index contributed by atoms with van der Waals surface area (Å²) < 4.78 is 29.4. The van der Waals surface area contributed by atoms with Crippen molar-refractivity contribution in [2.45, 2.75) is 68.9 Å². The maximum absolute atomic E-state index is 12.5. The first-order valence-electron chi connectivity index (χ1n) is 10.8. The minimum absolute atomic E-state index is 0.0721. The molecule has 174 valence electrons. The number of carbonyl (C=O) groups is 2. The third kappa shape index (κ3) is 6.32. The van der Waals surface area contributed by atoms with Gasteiger partial charge in [-0.05, 0) is 44.2 Å². The summed E-state index contributed by atoms with van der Waals surface area (Å²) in [6, 6.07) is 8.29. The smallest absolute Gasteiger partial charge is 0.407 e. The number of alkyl carbamates (subject to hydrolysis) is 1. The second kappa shape index (κ2) is 10.2. The Morgan fingerprint density at radius 2 is 2.03 bits per heavy atom. The van der Waals surface area contributed by atoms with E-state index in [1.165, 1.54) is 6.07 Å². The zero-order chi connectivity index (χ0) is 23.3. The van der Waals surface area contributed by atoms with Crippen molar-refractivity contribution in [3.05, 3.63) is 41.6 Å². The van der Waals surface area contributed by atoms with E-state index in [0.717, 1.165) is 31.2 Å². The highest BCUT2D eigenvalue weighted by molar-refractivity contribution is 7.90. The predicted molar refractivity (Wildman–Crippen MR) is 120 cm³/mol. The molecule has 3 atom stereocenters. The molecule has 0 saturated heterocycles. The number of hydrogen-bond acceptors (Lipinski definition) is 6. The molecule has 1 aliphatic carbocycles. The number of rotatable bonds is 8. The summed E-state index contributed by atoms with van der Waals surface area (Å²) in [6.07, 6.45) is 3.64. The fourth-order valence-electron chi connectivity index (χ4n) is 3.80. The zero-order valence-corrected chi connectivity index (χ0v) is 19.4. The molecule has 0 bridgehead atoms. The highest BCUT2D eigenvalue weighted by atomic mass is 32.2. The number of benzene rings is 1. The molecule has 2 aromatic rings. The van der Waals surface area contributed by atoms with E-state index in [1.807, 2.05) is 13.8 Å². The molecule has 1 aromatic heterocycles. The van der Waals surface area contributed by atoms with Crippen LogP contribution >= 0.6 is 0 Å². The van der Waals surface area contributed by atoms with Gasteiger partial charge in [-0.1, -0.05) is 25.1 Å². The Morgan fingerprint density at radius 1 is 1.28 bits per heavy atom. The molecule has 2 amide bonds. The molecule has 1 heterocycles. The molecule has 0 unspecified atom stereocenters. The van der Waals surface area contributed by atoms with E-state index in [0.29, 0.717) is 17.8 Å². The van der Waals surface area contributed by atoms with Gasteiger partial charge in [0.1, 0.15) is 6.10 Å². The van der Waals surface area contributed by atoms with Crippen LogP contribution in [-0.2, 0) is 25.8 Å². The van der Waals surface area contributed by atoms with Crippen molar-refractivity contribution in [3.63, 3.8) is 0 Å². The molecule has 1 aromatic carbocycles. The Bertz CT molecular complexity index is 1070. The van der Waals surface area contributed by atoms with E-state index in [9.17, 15) is 18.0 Å². The monoisotopic (exact) mass is 462 g/mol. The Balaban J connectivity index is 1.54. The number of anilines is 1. The van der Waals surface area contributed by atoms with Crippen LogP contribution in [-0.4, -0.2) is 49.0 Å². The molecule has 1 fully saturated rings. The number of amides is 2. The van der Waals surface area contributed by atoms with Gasteiger partial charge in [0, 0.05) is 30.0 Å². The second-order valence-electron chi connectivity index (χ2n) is 8.30. The van der Waals surface area contributed by atoms with Gasteiger partial charge in [0.2, 0.25) is 5.91 Å². The van der Waals surface area contributed by atoms with Crippen LogP contribution in [0.4, 0.5) is 10.6 Å². The Hall–Kier alpha value is -2.88. The summed E-state index contributed by atoms with van der Waals surface area (Å²) in [5, 5.41) is 12.6. The van der Waals surface area contributed by atoms with Gasteiger partial charge in [-0.2, -0.15) is 5.10 Å². The van der Waals surface area contributed by atoms with Crippen molar-refractivity contribution >= 4 is 27.7 Å². The lowest BCUT2D eigenvalue weighted by Gasteiger charge is -2.16. The highest BCUT2D eigenvalue weighted by Gasteiger charge is 2.30. The van der Waals surface area contributed by atoms with Crippen LogP contribution in [0.3, 0.4) is 0 Å². The van der Waals surface area contributed by atoms with E-state index in [4.69, 9.17) is 4.74 Å². The Kier molecular flexibility index (Phi) is 7.55. The minimum Gasteiger partial charge on any atom is -0.446 e. The topological polar surface area (TPSA) is 130 Å². The average molecular weight is 463 g/mol. The molecule has 32 heavy (non-hydrogen) atoms. The maximum Gasteiger partial charge on any atom is 0.407 e. The van der Waals surface area contributed by atoms with Crippen molar-refractivity contribution in [1.29, 1.82) is 0 Å². The van der Waals surface area contributed by atoms with Gasteiger partial charge >= 0.3 is 6.09 Å². The lowest BCUT2D eigenvalue weighted by Crippen LogP contribution is -2.34. The summed E-state index contributed by atoms with van der Waals surface area (Å²) in [6.45, 7) is 3.93. The van der Waals surface area contributed by atoms with Crippen LogP contribution in [0.1, 0.15) is 56.7 Å². The molecule has 1 saturated carbocycles. The molecule has 3 N–H and O–H groups in total. The van der Waals surface area contributed by atoms with Crippen LogP contribution in [0.2, 0.25) is 0 Å². The maximum atomic E-state index is 12.5. The van der Waals surface area contributed by atoms with Crippen LogP contribution in [0.15, 0.2) is 35.2 Å². The summed E-state index contributed by atoms with van der Waals surface area (Å²) >= 11 is 0. The summed E-state index contributed by atoms with van der Waals surface area (Å²) in [7, 11) is -3.42. The normalized spacial score (nSPS) is 19.3. The second-order valence-corrected chi connectivity index (χ2v) is 10.3. The average Bonchev–Trinajstić information content (AvgIpc) is 3.36. The van der Waals surface area contributed by atoms with Crippen molar-refractivity contribution in [1.82, 2.24) is 15.5 Å². The van der Waals surface area contributed by atoms with E-state index in [2.05, 4.69) is 20.8 Å². The van der Waals surface area contributed by atoms with Gasteiger partial charge in [0.25, 0.3) is 0 Å². The SMILES string of the molecule is CC[C@H](C)NC(=O)O[C@@H]1CC[C@H](c2cc(NC(=O)Cc3ccccc3S(C)(=O)=O)n[nH]2)C1. The van der Waals surface area contributed by atoms with Crippen LogP contribution in [0.5, 0.6) is 0 Å². The number of sulfone groups is 1. The van der Waals surface area contributed by atoms with Crippen molar-refractivity contribution in [3.8, 4) is 0 Å². The quantitative estimate of drug-likeness (QED) is 0.552. The lowest BCUT2D eigenvalue weighted by atomic mass is 10.0. The molecule has 0 radical (unpaired) electrons. The summed E-state index contributed by atoms with van der Waals surface area (Å²) in [5.41, 5.74) is 1.31. The number of aromatic nitrogens is 2. The summed E-state index contributed by atoms with van der Waals surface area (Å²) in [4.78, 5) is 24.5. The van der Waals surface area contributed by atoms with Crippen LogP contribution < -0.4 is 10.6 Å². The van der Waals surface area contributed by atoms with E-state index in [-0.39, 0.29) is 35.3 Å². The fraction of sp³-hybridized carbons (Fsp3) is 0.500. The third-order valence-electron chi connectivity index (χ3n) is 5.66. The van der Waals surface area contributed by atoms with Gasteiger partial charge in [-0.15, -0.1) is 0 Å². The molecule has 3 rings (SSSR count). The molecule has 0 aliphatic heterocycles. The molecule has 9 nitrogen and oxygen atoms in total. The molecule has 10 heteroatoms. The van der Waals surface area contributed by atoms with Gasteiger partial charge in [0.15, 0.2) is 15.7 Å². The highest BCUT2D eigenvalue weighted by Crippen LogP contribution is 2.35. The van der Waals surface area contributed by atoms with Gasteiger partial charge < -0.3 is 15.4 Å². The number of nitrogens with one attached hydrogen (secondary N) is 3. The number of ether oxygens (including phenoxy) is 1. The predicted octanol–water partition coefficient (Wildman–Crippen LogP) is 3.16. The number of hydrogen-bond donors (Lipinski definition) is 3. The number of carbonyl (C=O) groups excluding carboxylic acids is 2. The van der Waals surface area contributed by atoms with E-state index >= 15 is 0 Å². The summed E-state index contributed by atoms with van der Waals surface area (Å²) in [5.74, 6) is 0.176. The molecular formula is C22H30N4O5S. The molecule has 1 aliphatic rings. The van der Waals surface area contributed by atoms with Gasteiger partial charge in [0.05, 0.1) is 11.3 Å². The zero-order valence-electron chi connectivity index (χ0n) is 18.6. The first kappa shape index (κ1) is 23.8. The minimum atomic E-state index is -3.42. The van der Waals surface area contributed by atoms with Crippen molar-refractivity contribution in [2.75, 3.05) is 11.6 Å². The van der Waals surface area contributed by atoms with Crippen LogP contribution in [0.25, 0.3) is 0 Å². The lowest BCUT2D eigenvalue weighted by molar-refractivity contribution is -0.115. The van der Waals surface area contributed by atoms with E-state index in [1.54, 1.807) is 24.3 Å². The number of nitrogens with zero attached hydrogens (tertiary/aromatic N) is 1. The van der Waals surface area contributed by atoms with Crippen LogP contribution in [0, 0.1) is 0 Å².